The summed E-state index contributed by atoms with van der Waals surface area (Å²) < 4.78 is 0. The smallest absolute Gasteiger partial charge is 0.0475 e. The maximum absolute atomic E-state index is 6.11. The molecule has 2 heteroatoms. The van der Waals surface area contributed by atoms with E-state index in [9.17, 15) is 0 Å². The van der Waals surface area contributed by atoms with Crippen LogP contribution in [0.15, 0.2) is 18.2 Å². The lowest BCUT2D eigenvalue weighted by molar-refractivity contribution is 0.147. The van der Waals surface area contributed by atoms with Crippen molar-refractivity contribution in [2.75, 3.05) is 13.1 Å². The van der Waals surface area contributed by atoms with Gasteiger partial charge in [-0.25, -0.2) is 0 Å². The molecule has 1 aromatic carbocycles. The highest BCUT2D eigenvalue weighted by molar-refractivity contribution is 5.33. The summed E-state index contributed by atoms with van der Waals surface area (Å²) in [5, 5.41) is 0. The molecule has 2 N–H and O–H groups in total. The molecule has 0 bridgehead atoms. The van der Waals surface area contributed by atoms with Crippen LogP contribution >= 0.6 is 0 Å². The van der Waals surface area contributed by atoms with Crippen molar-refractivity contribution in [2.45, 2.75) is 58.5 Å². The molecule has 0 heterocycles. The van der Waals surface area contributed by atoms with E-state index >= 15 is 0 Å². The summed E-state index contributed by atoms with van der Waals surface area (Å²) in [6, 6.07) is 7.89. The summed E-state index contributed by atoms with van der Waals surface area (Å²) >= 11 is 0. The monoisotopic (exact) mass is 260 g/mol. The second-order valence-corrected chi connectivity index (χ2v) is 5.88. The molecule has 1 unspecified atom stereocenters. The molecule has 1 fully saturated rings. The molecule has 1 aliphatic carbocycles. The Kier molecular flexibility index (Phi) is 5.00. The third kappa shape index (κ3) is 3.18. The largest absolute Gasteiger partial charge is 0.329 e. The fourth-order valence-electron chi connectivity index (χ4n) is 3.61. The number of nitrogens with zero attached hydrogens (tertiary/aromatic N) is 1. The van der Waals surface area contributed by atoms with Crippen LogP contribution in [0, 0.1) is 13.8 Å². The maximum Gasteiger partial charge on any atom is 0.0475 e. The molecule has 0 saturated heterocycles. The molecule has 1 saturated carbocycles. The average molecular weight is 260 g/mol. The van der Waals surface area contributed by atoms with Gasteiger partial charge in [-0.1, -0.05) is 43.5 Å². The second-order valence-electron chi connectivity index (χ2n) is 5.88. The summed E-state index contributed by atoms with van der Waals surface area (Å²) in [5.74, 6) is 0. The van der Waals surface area contributed by atoms with E-state index in [2.05, 4.69) is 43.9 Å². The van der Waals surface area contributed by atoms with E-state index in [-0.39, 0.29) is 0 Å². The minimum atomic E-state index is 0.383. The Morgan fingerprint density at radius 3 is 2.47 bits per heavy atom. The van der Waals surface area contributed by atoms with Gasteiger partial charge in [0.2, 0.25) is 0 Å². The Hall–Kier alpha value is -0.860. The predicted molar refractivity (Wildman–Crippen MR) is 82.3 cm³/mol. The Morgan fingerprint density at radius 2 is 1.95 bits per heavy atom. The van der Waals surface area contributed by atoms with E-state index in [0.29, 0.717) is 12.6 Å². The molecule has 2 rings (SSSR count). The fourth-order valence-corrected chi connectivity index (χ4v) is 3.61. The van der Waals surface area contributed by atoms with E-state index in [1.165, 1.54) is 42.4 Å². The van der Waals surface area contributed by atoms with Gasteiger partial charge in [-0.15, -0.1) is 0 Å². The van der Waals surface area contributed by atoms with E-state index < -0.39 is 0 Å². The number of hydrogen-bond acceptors (Lipinski definition) is 2. The van der Waals surface area contributed by atoms with Crippen molar-refractivity contribution in [1.29, 1.82) is 0 Å². The minimum absolute atomic E-state index is 0.383. The van der Waals surface area contributed by atoms with E-state index in [1.807, 2.05) is 0 Å². The lowest BCUT2D eigenvalue weighted by atomic mass is 9.96. The Bertz CT molecular complexity index is 408. The van der Waals surface area contributed by atoms with Crippen LogP contribution in [0.5, 0.6) is 0 Å². The normalized spacial score (nSPS) is 18.2. The molecule has 0 aliphatic heterocycles. The lowest BCUT2D eigenvalue weighted by Crippen LogP contribution is -2.40. The minimum Gasteiger partial charge on any atom is -0.329 e. The van der Waals surface area contributed by atoms with Crippen LogP contribution in [0.1, 0.15) is 55.3 Å². The number of hydrogen-bond donors (Lipinski definition) is 1. The molecular formula is C17H28N2. The van der Waals surface area contributed by atoms with Gasteiger partial charge < -0.3 is 5.73 Å². The maximum atomic E-state index is 6.11. The van der Waals surface area contributed by atoms with Crippen molar-refractivity contribution in [2.24, 2.45) is 5.73 Å². The van der Waals surface area contributed by atoms with Crippen molar-refractivity contribution >= 4 is 0 Å². The van der Waals surface area contributed by atoms with Gasteiger partial charge in [0.1, 0.15) is 0 Å². The quantitative estimate of drug-likeness (QED) is 0.877. The summed E-state index contributed by atoms with van der Waals surface area (Å²) in [6.45, 7) is 8.45. The average Bonchev–Trinajstić information content (AvgIpc) is 2.90. The van der Waals surface area contributed by atoms with Gasteiger partial charge in [0.15, 0.2) is 0 Å². The van der Waals surface area contributed by atoms with Crippen LogP contribution < -0.4 is 5.73 Å². The van der Waals surface area contributed by atoms with Crippen molar-refractivity contribution in [3.8, 4) is 0 Å². The van der Waals surface area contributed by atoms with Crippen LogP contribution in [0.25, 0.3) is 0 Å². The van der Waals surface area contributed by atoms with Crippen LogP contribution in [0.3, 0.4) is 0 Å². The molecule has 1 aliphatic rings. The molecule has 19 heavy (non-hydrogen) atoms. The number of aryl methyl sites for hydroxylation is 2. The standard InChI is InChI=1S/C17H28N2/c1-4-19(15-7-5-6-8-15)17(12-18)16-10-9-13(2)11-14(16)3/h9-11,15,17H,4-8,12,18H2,1-3H3. The van der Waals surface area contributed by atoms with Crippen molar-refractivity contribution < 1.29 is 0 Å². The molecule has 0 amide bonds. The van der Waals surface area contributed by atoms with Crippen LogP contribution in [-0.4, -0.2) is 24.0 Å². The fraction of sp³-hybridized carbons (Fsp3) is 0.647. The first-order chi connectivity index (χ1) is 9.17. The molecule has 2 nitrogen and oxygen atoms in total. The second kappa shape index (κ2) is 6.53. The van der Waals surface area contributed by atoms with Crippen LogP contribution in [0.2, 0.25) is 0 Å². The van der Waals surface area contributed by atoms with Crippen molar-refractivity contribution in [1.82, 2.24) is 4.90 Å². The summed E-state index contributed by atoms with van der Waals surface area (Å²) in [5.41, 5.74) is 10.2. The third-order valence-electron chi connectivity index (χ3n) is 4.57. The molecule has 106 valence electrons. The first-order valence-electron chi connectivity index (χ1n) is 7.70. The van der Waals surface area contributed by atoms with Crippen LogP contribution in [-0.2, 0) is 0 Å². The predicted octanol–water partition coefficient (Wildman–Crippen LogP) is 3.57. The van der Waals surface area contributed by atoms with Gasteiger partial charge in [0.05, 0.1) is 0 Å². The summed E-state index contributed by atoms with van der Waals surface area (Å²) in [7, 11) is 0. The Balaban J connectivity index is 2.26. The Labute approximate surface area is 118 Å². The van der Waals surface area contributed by atoms with Gasteiger partial charge in [0.25, 0.3) is 0 Å². The zero-order chi connectivity index (χ0) is 13.8. The number of nitrogens with two attached hydrogens (primary N) is 1. The number of rotatable bonds is 5. The highest BCUT2D eigenvalue weighted by Gasteiger charge is 2.28. The molecular weight excluding hydrogens is 232 g/mol. The SMILES string of the molecule is CCN(C1CCCC1)C(CN)c1ccc(C)cc1C. The van der Waals surface area contributed by atoms with Gasteiger partial charge in [0, 0.05) is 18.6 Å². The van der Waals surface area contributed by atoms with Crippen LogP contribution in [0.4, 0.5) is 0 Å². The highest BCUT2D eigenvalue weighted by Crippen LogP contribution is 2.31. The zero-order valence-corrected chi connectivity index (χ0v) is 12.7. The lowest BCUT2D eigenvalue weighted by Gasteiger charge is -2.36. The van der Waals surface area contributed by atoms with Crippen molar-refractivity contribution in [3.63, 3.8) is 0 Å². The molecule has 0 radical (unpaired) electrons. The van der Waals surface area contributed by atoms with Gasteiger partial charge in [-0.05, 0) is 44.4 Å². The van der Waals surface area contributed by atoms with E-state index in [4.69, 9.17) is 5.73 Å². The topological polar surface area (TPSA) is 29.3 Å². The first-order valence-corrected chi connectivity index (χ1v) is 7.70. The third-order valence-corrected chi connectivity index (χ3v) is 4.57. The molecule has 1 atom stereocenters. The number of benzene rings is 1. The summed E-state index contributed by atoms with van der Waals surface area (Å²) in [4.78, 5) is 2.63. The van der Waals surface area contributed by atoms with Crippen molar-refractivity contribution in [3.05, 3.63) is 34.9 Å². The molecule has 0 spiro atoms. The molecule has 0 aromatic heterocycles. The van der Waals surface area contributed by atoms with Gasteiger partial charge in [-0.2, -0.15) is 0 Å². The van der Waals surface area contributed by atoms with E-state index in [0.717, 1.165) is 12.6 Å². The van der Waals surface area contributed by atoms with Gasteiger partial charge >= 0.3 is 0 Å². The number of likely N-dealkylation sites (N-methyl/N-ethyl adjacent to an activating group) is 1. The first kappa shape index (κ1) is 14.5. The Morgan fingerprint density at radius 1 is 1.26 bits per heavy atom. The van der Waals surface area contributed by atoms with E-state index in [1.54, 1.807) is 0 Å². The van der Waals surface area contributed by atoms with Gasteiger partial charge in [-0.3, -0.25) is 4.90 Å². The summed E-state index contributed by atoms with van der Waals surface area (Å²) in [6.07, 6.45) is 5.45. The zero-order valence-electron chi connectivity index (χ0n) is 12.7. The highest BCUT2D eigenvalue weighted by atomic mass is 15.2. The molecule has 1 aromatic rings.